The van der Waals surface area contributed by atoms with Crippen LogP contribution < -0.4 is 10.2 Å². The van der Waals surface area contributed by atoms with Crippen molar-refractivity contribution in [2.45, 2.75) is 16.5 Å². The first-order valence-electron chi connectivity index (χ1n) is 9.11. The van der Waals surface area contributed by atoms with Crippen molar-refractivity contribution in [2.75, 3.05) is 16.8 Å². The lowest BCUT2D eigenvalue weighted by atomic mass is 10.1. The van der Waals surface area contributed by atoms with Crippen molar-refractivity contribution >= 4 is 35.0 Å². The van der Waals surface area contributed by atoms with Crippen molar-refractivity contribution in [3.63, 3.8) is 0 Å². The highest BCUT2D eigenvalue weighted by molar-refractivity contribution is 7.99. The number of rotatable bonds is 5. The summed E-state index contributed by atoms with van der Waals surface area (Å²) in [6.07, 6.45) is 3.20. The summed E-state index contributed by atoms with van der Waals surface area (Å²) < 4.78 is 27.2. The van der Waals surface area contributed by atoms with E-state index < -0.39 is 17.6 Å². The molecule has 0 bridgehead atoms. The Labute approximate surface area is 175 Å². The molecule has 0 radical (unpaired) electrons. The molecule has 1 N–H and O–H groups in total. The molecule has 0 saturated carbocycles. The third-order valence-electron chi connectivity index (χ3n) is 4.55. The van der Waals surface area contributed by atoms with Crippen LogP contribution in [-0.2, 0) is 9.59 Å². The Morgan fingerprint density at radius 2 is 1.90 bits per heavy atom. The zero-order valence-electron chi connectivity index (χ0n) is 15.6. The standard InChI is InChI=1S/C21H16F2N4O2S/c22-14-4-5-17(16(23)10-14)27-12-13(9-20(27)28)21(29)26-15-6-8-25-19(11-15)30-18-3-1-2-7-24-18/h1-8,10-11,13H,9,12H2,(H,25,26,29). The molecule has 2 amide bonds. The Hall–Kier alpha value is -3.33. The quantitative estimate of drug-likeness (QED) is 0.670. The molecule has 3 aromatic rings. The molecule has 4 rings (SSSR count). The normalized spacial score (nSPS) is 16.0. The van der Waals surface area contributed by atoms with Crippen molar-refractivity contribution in [1.82, 2.24) is 9.97 Å². The summed E-state index contributed by atoms with van der Waals surface area (Å²) in [4.78, 5) is 34.6. The molecule has 0 spiro atoms. The number of benzene rings is 1. The van der Waals surface area contributed by atoms with Crippen molar-refractivity contribution in [3.05, 3.63) is 72.6 Å². The lowest BCUT2D eigenvalue weighted by Crippen LogP contribution is -2.28. The number of amides is 2. The van der Waals surface area contributed by atoms with Crippen LogP contribution in [0.2, 0.25) is 0 Å². The lowest BCUT2D eigenvalue weighted by Gasteiger charge is -2.17. The smallest absolute Gasteiger partial charge is 0.229 e. The number of nitrogens with zero attached hydrogens (tertiary/aromatic N) is 3. The van der Waals surface area contributed by atoms with Crippen LogP contribution in [0.5, 0.6) is 0 Å². The van der Waals surface area contributed by atoms with Gasteiger partial charge in [0.1, 0.15) is 21.7 Å². The third-order valence-corrected chi connectivity index (χ3v) is 5.43. The van der Waals surface area contributed by atoms with Gasteiger partial charge >= 0.3 is 0 Å². The molecule has 1 aliphatic heterocycles. The van der Waals surface area contributed by atoms with E-state index in [0.717, 1.165) is 11.1 Å². The van der Waals surface area contributed by atoms with Crippen LogP contribution >= 0.6 is 11.8 Å². The van der Waals surface area contributed by atoms with Crippen molar-refractivity contribution in [3.8, 4) is 0 Å². The van der Waals surface area contributed by atoms with Crippen LogP contribution in [0.25, 0.3) is 0 Å². The van der Waals surface area contributed by atoms with Gasteiger partial charge in [0.15, 0.2) is 0 Å². The number of halogens is 2. The van der Waals surface area contributed by atoms with Gasteiger partial charge in [0.05, 0.1) is 11.6 Å². The van der Waals surface area contributed by atoms with Crippen molar-refractivity contribution in [2.24, 2.45) is 5.92 Å². The first-order chi connectivity index (χ1) is 14.5. The topological polar surface area (TPSA) is 75.2 Å². The fourth-order valence-corrected chi connectivity index (χ4v) is 3.89. The number of hydrogen-bond acceptors (Lipinski definition) is 5. The third kappa shape index (κ3) is 4.46. The molecule has 9 heteroatoms. The van der Waals surface area contributed by atoms with Crippen LogP contribution in [0.4, 0.5) is 20.2 Å². The maximum absolute atomic E-state index is 14.0. The number of carbonyl (C=O) groups excluding carboxylic acids is 2. The molecule has 1 unspecified atom stereocenters. The molecular weight excluding hydrogens is 410 g/mol. The summed E-state index contributed by atoms with van der Waals surface area (Å²) in [5, 5.41) is 4.21. The monoisotopic (exact) mass is 426 g/mol. The average Bonchev–Trinajstić information content (AvgIpc) is 3.11. The second kappa shape index (κ2) is 8.58. The summed E-state index contributed by atoms with van der Waals surface area (Å²) >= 11 is 1.35. The van der Waals surface area contributed by atoms with Crippen LogP contribution in [-0.4, -0.2) is 28.3 Å². The Balaban J connectivity index is 1.43. The van der Waals surface area contributed by atoms with E-state index in [4.69, 9.17) is 0 Å². The van der Waals surface area contributed by atoms with Gasteiger partial charge in [-0.05, 0) is 36.4 Å². The van der Waals surface area contributed by atoms with Gasteiger partial charge in [-0.1, -0.05) is 17.8 Å². The number of anilines is 2. The van der Waals surface area contributed by atoms with E-state index in [2.05, 4.69) is 15.3 Å². The molecule has 1 saturated heterocycles. The van der Waals surface area contributed by atoms with Crippen LogP contribution in [0, 0.1) is 17.6 Å². The zero-order valence-corrected chi connectivity index (χ0v) is 16.4. The molecule has 30 heavy (non-hydrogen) atoms. The molecule has 3 heterocycles. The van der Waals surface area contributed by atoms with E-state index in [0.29, 0.717) is 16.8 Å². The molecule has 2 aromatic heterocycles. The zero-order chi connectivity index (χ0) is 21.1. The minimum Gasteiger partial charge on any atom is -0.326 e. The fraction of sp³-hybridized carbons (Fsp3) is 0.143. The first kappa shape index (κ1) is 20.0. The van der Waals surface area contributed by atoms with Crippen LogP contribution in [0.3, 0.4) is 0 Å². The molecule has 1 fully saturated rings. The maximum atomic E-state index is 14.0. The van der Waals surface area contributed by atoms with Gasteiger partial charge in [0, 0.05) is 37.1 Å². The number of aromatic nitrogens is 2. The SMILES string of the molecule is O=C(Nc1ccnc(Sc2ccccn2)c1)C1CC(=O)N(c2ccc(F)cc2F)C1. The van der Waals surface area contributed by atoms with E-state index in [1.54, 1.807) is 24.5 Å². The predicted molar refractivity (Wildman–Crippen MR) is 108 cm³/mol. The Bertz CT molecular complexity index is 1100. The average molecular weight is 426 g/mol. The maximum Gasteiger partial charge on any atom is 0.229 e. The van der Waals surface area contributed by atoms with E-state index in [-0.39, 0.29) is 30.5 Å². The van der Waals surface area contributed by atoms with Gasteiger partial charge in [-0.15, -0.1) is 0 Å². The highest BCUT2D eigenvalue weighted by atomic mass is 32.2. The van der Waals surface area contributed by atoms with Crippen LogP contribution in [0.1, 0.15) is 6.42 Å². The second-order valence-electron chi connectivity index (χ2n) is 6.64. The van der Waals surface area contributed by atoms with E-state index in [1.165, 1.54) is 22.7 Å². The molecular formula is C21H16F2N4O2S. The molecule has 1 aliphatic rings. The van der Waals surface area contributed by atoms with E-state index in [9.17, 15) is 18.4 Å². The lowest BCUT2D eigenvalue weighted by molar-refractivity contribution is -0.122. The number of pyridine rings is 2. The number of carbonyl (C=O) groups is 2. The van der Waals surface area contributed by atoms with Gasteiger partial charge in [-0.2, -0.15) is 0 Å². The van der Waals surface area contributed by atoms with Crippen molar-refractivity contribution < 1.29 is 18.4 Å². The summed E-state index contributed by atoms with van der Waals surface area (Å²) in [5.41, 5.74) is 0.502. The molecule has 1 aromatic carbocycles. The van der Waals surface area contributed by atoms with Gasteiger partial charge in [0.2, 0.25) is 11.8 Å². The summed E-state index contributed by atoms with van der Waals surface area (Å²) in [7, 11) is 0. The van der Waals surface area contributed by atoms with Crippen molar-refractivity contribution in [1.29, 1.82) is 0 Å². The van der Waals surface area contributed by atoms with Gasteiger partial charge in [0.25, 0.3) is 0 Å². The van der Waals surface area contributed by atoms with E-state index in [1.807, 2.05) is 18.2 Å². The molecule has 6 nitrogen and oxygen atoms in total. The number of hydrogen-bond donors (Lipinski definition) is 1. The Kier molecular flexibility index (Phi) is 5.71. The highest BCUT2D eigenvalue weighted by Gasteiger charge is 2.36. The van der Waals surface area contributed by atoms with Gasteiger partial charge in [-0.25, -0.2) is 18.7 Å². The van der Waals surface area contributed by atoms with Gasteiger partial charge < -0.3 is 10.2 Å². The highest BCUT2D eigenvalue weighted by Crippen LogP contribution is 2.29. The summed E-state index contributed by atoms with van der Waals surface area (Å²) in [5.74, 6) is -2.96. The summed E-state index contributed by atoms with van der Waals surface area (Å²) in [6.45, 7) is 0.0217. The Morgan fingerprint density at radius 3 is 2.67 bits per heavy atom. The Morgan fingerprint density at radius 1 is 1.07 bits per heavy atom. The minimum absolute atomic E-state index is 0.0217. The van der Waals surface area contributed by atoms with E-state index >= 15 is 0 Å². The second-order valence-corrected chi connectivity index (χ2v) is 7.68. The largest absolute Gasteiger partial charge is 0.326 e. The fourth-order valence-electron chi connectivity index (χ4n) is 3.12. The molecule has 0 aliphatic carbocycles. The molecule has 1 atom stereocenters. The van der Waals surface area contributed by atoms with Gasteiger partial charge in [-0.3, -0.25) is 9.59 Å². The molecule has 152 valence electrons. The minimum atomic E-state index is -0.838. The number of nitrogens with one attached hydrogen (secondary N) is 1. The predicted octanol–water partition coefficient (Wildman–Crippen LogP) is 3.90. The van der Waals surface area contributed by atoms with Crippen LogP contribution in [0.15, 0.2) is 71.0 Å². The first-order valence-corrected chi connectivity index (χ1v) is 9.92. The summed E-state index contributed by atoms with van der Waals surface area (Å²) in [6, 6.07) is 11.9.